The fraction of sp³-hybridized carbons (Fsp3) is 0.577. The Kier molecular flexibility index (Phi) is 4.95. The number of carbonyl (C=O) groups excluding carboxylic acids is 3. The van der Waals surface area contributed by atoms with Gasteiger partial charge in [-0.1, -0.05) is 52.2 Å². The molecule has 0 radical (unpaired) electrons. The van der Waals surface area contributed by atoms with Crippen molar-refractivity contribution in [1.82, 2.24) is 4.90 Å². The fourth-order valence-corrected chi connectivity index (χ4v) is 6.14. The van der Waals surface area contributed by atoms with Gasteiger partial charge in [-0.2, -0.15) is 0 Å². The van der Waals surface area contributed by atoms with Gasteiger partial charge in [0.1, 0.15) is 11.8 Å². The first-order chi connectivity index (χ1) is 15.2. The van der Waals surface area contributed by atoms with E-state index in [4.69, 9.17) is 4.74 Å². The monoisotopic (exact) mass is 436 g/mol. The minimum Gasteiger partial charge on any atom is -0.497 e. The summed E-state index contributed by atoms with van der Waals surface area (Å²) in [5.41, 5.74) is 1.20. The number of benzene rings is 1. The lowest BCUT2D eigenvalue weighted by molar-refractivity contribution is -0.145. The molecule has 1 aliphatic carbocycles. The van der Waals surface area contributed by atoms with Crippen LogP contribution in [0.25, 0.3) is 6.08 Å². The van der Waals surface area contributed by atoms with Gasteiger partial charge >= 0.3 is 0 Å². The molecular formula is C26H32N2O4. The van der Waals surface area contributed by atoms with Crippen molar-refractivity contribution in [2.24, 2.45) is 17.3 Å². The quantitative estimate of drug-likeness (QED) is 0.674. The zero-order valence-electron chi connectivity index (χ0n) is 19.3. The van der Waals surface area contributed by atoms with Crippen LogP contribution in [0, 0.1) is 17.3 Å². The summed E-state index contributed by atoms with van der Waals surface area (Å²) >= 11 is 0. The zero-order valence-corrected chi connectivity index (χ0v) is 19.3. The molecule has 32 heavy (non-hydrogen) atoms. The van der Waals surface area contributed by atoms with Crippen molar-refractivity contribution < 1.29 is 19.1 Å². The lowest BCUT2D eigenvalue weighted by Gasteiger charge is -2.39. The number of hydrogen-bond acceptors (Lipinski definition) is 5. The van der Waals surface area contributed by atoms with Crippen LogP contribution in [0.4, 0.5) is 5.69 Å². The smallest absolute Gasteiger partial charge is 0.236 e. The Morgan fingerprint density at radius 3 is 2.38 bits per heavy atom. The minimum atomic E-state index is -0.646. The van der Waals surface area contributed by atoms with E-state index < -0.39 is 23.3 Å². The summed E-state index contributed by atoms with van der Waals surface area (Å²) in [6.45, 7) is 5.69. The summed E-state index contributed by atoms with van der Waals surface area (Å²) in [4.78, 5) is 44.8. The van der Waals surface area contributed by atoms with E-state index in [1.54, 1.807) is 12.0 Å². The Morgan fingerprint density at radius 1 is 1.03 bits per heavy atom. The largest absolute Gasteiger partial charge is 0.497 e. The maximum Gasteiger partial charge on any atom is 0.236 e. The van der Waals surface area contributed by atoms with Crippen molar-refractivity contribution in [3.05, 3.63) is 29.8 Å². The second-order valence-electron chi connectivity index (χ2n) is 10.6. The van der Waals surface area contributed by atoms with E-state index in [2.05, 4.69) is 0 Å². The number of nitrogens with zero attached hydrogens (tertiary/aromatic N) is 2. The molecular weight excluding hydrogens is 404 g/mol. The number of carbonyl (C=O) groups is 3. The summed E-state index contributed by atoms with van der Waals surface area (Å²) in [5, 5.41) is 0. The summed E-state index contributed by atoms with van der Waals surface area (Å²) < 4.78 is 5.38. The lowest BCUT2D eigenvalue weighted by atomic mass is 9.79. The molecule has 4 aliphatic rings. The Hall–Kier alpha value is -2.63. The van der Waals surface area contributed by atoms with Gasteiger partial charge in [-0.05, 0) is 31.0 Å². The number of methoxy groups -OCH3 is 1. The number of fused-ring (bicyclic) bond motifs is 5. The van der Waals surface area contributed by atoms with E-state index in [9.17, 15) is 14.4 Å². The molecule has 4 atom stereocenters. The molecule has 2 saturated heterocycles. The first-order valence-corrected chi connectivity index (χ1v) is 11.8. The summed E-state index contributed by atoms with van der Waals surface area (Å²) in [7, 11) is 1.63. The van der Waals surface area contributed by atoms with E-state index in [1.165, 1.54) is 0 Å². The molecule has 1 aromatic carbocycles. The van der Waals surface area contributed by atoms with Gasteiger partial charge < -0.3 is 9.64 Å². The third-order valence-electron chi connectivity index (χ3n) is 7.69. The van der Waals surface area contributed by atoms with Crippen LogP contribution in [0.3, 0.4) is 0 Å². The molecule has 170 valence electrons. The minimum absolute atomic E-state index is 0.0127. The van der Waals surface area contributed by atoms with Gasteiger partial charge in [-0.25, -0.2) is 0 Å². The summed E-state index contributed by atoms with van der Waals surface area (Å²) in [6.07, 6.45) is 9.01. The molecule has 1 saturated carbocycles. The van der Waals surface area contributed by atoms with Crippen LogP contribution in [-0.4, -0.2) is 47.7 Å². The second kappa shape index (κ2) is 7.46. The van der Waals surface area contributed by atoms with Crippen molar-refractivity contribution in [3.8, 4) is 5.75 Å². The number of likely N-dealkylation sites (tertiary alicyclic amines) is 1. The fourth-order valence-electron chi connectivity index (χ4n) is 6.14. The SMILES string of the molecule is COc1ccc2c(c1)C=C[C@@H]1[C@H]3C(=O)N(C4CCCCC4)C(=O)[C@@H]3[C@@H](C(=O)C(C)(C)C)N21. The molecule has 5 rings (SSSR count). The van der Waals surface area contributed by atoms with Gasteiger partial charge in [-0.15, -0.1) is 0 Å². The number of ketones is 1. The van der Waals surface area contributed by atoms with E-state index >= 15 is 0 Å². The summed E-state index contributed by atoms with van der Waals surface area (Å²) in [5.74, 6) is -0.620. The van der Waals surface area contributed by atoms with Crippen molar-refractivity contribution in [3.63, 3.8) is 0 Å². The standard InChI is InChI=1S/C26H32N2O4/c1-26(2,3)23(29)22-21-20(24(30)27(25(21)31)16-8-6-5-7-9-16)19-12-10-15-14-17(32-4)11-13-18(15)28(19)22/h10-14,16,19-22H,5-9H2,1-4H3/t19-,20-,21+,22+/m1/s1. The molecule has 3 heterocycles. The van der Waals surface area contributed by atoms with Crippen molar-refractivity contribution in [1.29, 1.82) is 0 Å². The Bertz CT molecular complexity index is 1000. The average Bonchev–Trinajstić information content (AvgIpc) is 3.25. The number of hydrogen-bond donors (Lipinski definition) is 0. The van der Waals surface area contributed by atoms with Crippen LogP contribution < -0.4 is 9.64 Å². The van der Waals surface area contributed by atoms with Gasteiger partial charge in [0.05, 0.1) is 25.0 Å². The van der Waals surface area contributed by atoms with Gasteiger partial charge in [0.15, 0.2) is 5.78 Å². The first kappa shape index (κ1) is 21.2. The molecule has 3 aliphatic heterocycles. The van der Waals surface area contributed by atoms with Crippen LogP contribution in [0.15, 0.2) is 24.3 Å². The molecule has 1 aromatic rings. The topological polar surface area (TPSA) is 66.9 Å². The molecule has 6 heteroatoms. The zero-order chi connectivity index (χ0) is 22.8. The van der Waals surface area contributed by atoms with E-state index in [-0.39, 0.29) is 29.7 Å². The highest BCUT2D eigenvalue weighted by Gasteiger charge is 2.65. The molecule has 6 nitrogen and oxygen atoms in total. The van der Waals surface area contributed by atoms with E-state index in [1.807, 2.05) is 56.0 Å². The highest BCUT2D eigenvalue weighted by Crippen LogP contribution is 2.51. The molecule has 2 amide bonds. The van der Waals surface area contributed by atoms with Crippen molar-refractivity contribution in [2.75, 3.05) is 12.0 Å². The average molecular weight is 437 g/mol. The van der Waals surface area contributed by atoms with Gasteiger partial charge in [-0.3, -0.25) is 19.3 Å². The van der Waals surface area contributed by atoms with Gasteiger partial charge in [0, 0.05) is 22.7 Å². The number of amides is 2. The van der Waals surface area contributed by atoms with Crippen molar-refractivity contribution >= 4 is 29.4 Å². The molecule has 0 spiro atoms. The maximum atomic E-state index is 13.8. The van der Waals surface area contributed by atoms with Crippen molar-refractivity contribution in [2.45, 2.75) is 71.0 Å². The molecule has 3 fully saturated rings. The number of imide groups is 1. The molecule has 0 N–H and O–H groups in total. The van der Waals surface area contributed by atoms with Crippen LogP contribution in [0.2, 0.25) is 0 Å². The Morgan fingerprint density at radius 2 is 1.72 bits per heavy atom. The number of anilines is 1. The normalized spacial score (nSPS) is 29.8. The van der Waals surface area contributed by atoms with Gasteiger partial charge in [0.25, 0.3) is 0 Å². The highest BCUT2D eigenvalue weighted by atomic mass is 16.5. The Balaban J connectivity index is 1.60. The van der Waals surface area contributed by atoms with Crippen LogP contribution in [0.5, 0.6) is 5.75 Å². The van der Waals surface area contributed by atoms with Crippen LogP contribution in [-0.2, 0) is 14.4 Å². The first-order valence-electron chi connectivity index (χ1n) is 11.8. The number of rotatable bonds is 3. The third-order valence-corrected chi connectivity index (χ3v) is 7.69. The molecule has 0 aromatic heterocycles. The predicted molar refractivity (Wildman–Crippen MR) is 122 cm³/mol. The third kappa shape index (κ3) is 3.02. The Labute approximate surface area is 189 Å². The second-order valence-corrected chi connectivity index (χ2v) is 10.6. The van der Waals surface area contributed by atoms with Crippen LogP contribution in [0.1, 0.15) is 58.4 Å². The number of ether oxygens (including phenoxy) is 1. The van der Waals surface area contributed by atoms with Crippen LogP contribution >= 0.6 is 0 Å². The number of Topliss-reactive ketones (excluding diaryl/α,β-unsaturated/α-hetero) is 1. The van der Waals surface area contributed by atoms with E-state index in [0.29, 0.717) is 0 Å². The predicted octanol–water partition coefficient (Wildman–Crippen LogP) is 3.83. The molecule has 0 bridgehead atoms. The highest BCUT2D eigenvalue weighted by molar-refractivity contribution is 6.12. The van der Waals surface area contributed by atoms with E-state index in [0.717, 1.165) is 49.1 Å². The lowest BCUT2D eigenvalue weighted by Crippen LogP contribution is -2.53. The summed E-state index contributed by atoms with van der Waals surface area (Å²) in [6, 6.07) is 4.81. The molecule has 0 unspecified atom stereocenters. The maximum absolute atomic E-state index is 13.8. The van der Waals surface area contributed by atoms with Gasteiger partial charge in [0.2, 0.25) is 11.8 Å².